The number of rotatable bonds is 10. The van der Waals surface area contributed by atoms with E-state index in [-0.39, 0.29) is 195 Å². The minimum Gasteiger partial charge on any atom is -0.360 e. The smallest absolute Gasteiger partial charge is 0.360 e. The van der Waals surface area contributed by atoms with Crippen LogP contribution in [0.15, 0.2) is 126 Å². The van der Waals surface area contributed by atoms with Crippen molar-refractivity contribution in [1.29, 1.82) is 0 Å². The Bertz CT molecular complexity index is 4640. The molecule has 1 heterocycles. The Morgan fingerprint density at radius 1 is 0.375 bits per heavy atom. The average molecular weight is 1090 g/mol. The Labute approximate surface area is 495 Å². The van der Waals surface area contributed by atoms with Crippen molar-refractivity contribution in [2.24, 2.45) is 0 Å². The fourth-order valence-corrected chi connectivity index (χ4v) is 10.8. The van der Waals surface area contributed by atoms with E-state index in [1.54, 1.807) is 48.5 Å². The van der Waals surface area contributed by atoms with Crippen LogP contribution in [0.3, 0.4) is 0 Å². The van der Waals surface area contributed by atoms with E-state index < -0.39 is 52.8 Å². The fraction of sp³-hybridized carbons (Fsp3) is 0. The third-order valence-corrected chi connectivity index (χ3v) is 13.1. The van der Waals surface area contributed by atoms with Crippen LogP contribution in [0.1, 0.15) is 0 Å². The van der Waals surface area contributed by atoms with Gasteiger partial charge in [-0.1, -0.05) is 84.9 Å². The Hall–Kier alpha value is -3.61. The van der Waals surface area contributed by atoms with Gasteiger partial charge in [0.05, 0.1) is 22.0 Å². The van der Waals surface area contributed by atoms with Gasteiger partial charge in [-0.15, -0.1) is 0 Å². The Morgan fingerprint density at radius 3 is 1.35 bits per heavy atom. The van der Waals surface area contributed by atoms with Crippen LogP contribution in [-0.2, 0) is 41.6 Å². The van der Waals surface area contributed by atoms with Crippen LogP contribution >= 0.6 is 0 Å². The minimum absolute atomic E-state index is 0. The zero-order valence-electron chi connectivity index (χ0n) is 37.8. The second-order valence-electron chi connectivity index (χ2n) is 15.5. The van der Waals surface area contributed by atoms with Gasteiger partial charge in [0.25, 0.3) is 0 Å². The molecule has 0 aliphatic rings. The summed E-state index contributed by atoms with van der Waals surface area (Å²) in [5.74, 6) is -1.51. The summed E-state index contributed by atoms with van der Waals surface area (Å²) in [7, 11) is -20.6. The van der Waals surface area contributed by atoms with Crippen molar-refractivity contribution >= 4 is 150 Å². The molecule has 0 radical (unpaired) electrons. The predicted molar refractivity (Wildman–Crippen MR) is 254 cm³/mol. The van der Waals surface area contributed by atoms with Crippen molar-refractivity contribution in [1.82, 2.24) is 4.98 Å². The van der Waals surface area contributed by atoms with Gasteiger partial charge in [0, 0.05) is 70.5 Å². The van der Waals surface area contributed by atoms with E-state index in [4.69, 9.17) is 16.7 Å². The molecular weight excluding hydrogens is 1060 g/mol. The molecular formula is C45H26N2Na4O17S4+4. The van der Waals surface area contributed by atoms with Crippen LogP contribution in [-0.4, -0.2) is 56.9 Å². The van der Waals surface area contributed by atoms with Gasteiger partial charge in [-0.2, -0.15) is 33.7 Å². The van der Waals surface area contributed by atoms with Gasteiger partial charge >= 0.3 is 160 Å². The Balaban J connectivity index is 0.00000190. The summed E-state index contributed by atoms with van der Waals surface area (Å²) < 4.78 is 157. The zero-order valence-corrected chi connectivity index (χ0v) is 49.0. The molecule has 72 heavy (non-hydrogen) atoms. The van der Waals surface area contributed by atoms with Crippen molar-refractivity contribution in [3.8, 4) is 23.0 Å². The molecule has 19 nitrogen and oxygen atoms in total. The van der Waals surface area contributed by atoms with Gasteiger partial charge in [0.2, 0.25) is 0 Å². The number of fused-ring (bicyclic) bond motifs is 9. The maximum Gasteiger partial charge on any atom is 1.00 e. The normalized spacial score (nSPS) is 12.2. The van der Waals surface area contributed by atoms with E-state index in [1.165, 1.54) is 72.8 Å². The molecule has 1 aromatic heterocycles. The van der Waals surface area contributed by atoms with Crippen LogP contribution in [0.25, 0.3) is 97.2 Å². The third-order valence-electron chi connectivity index (χ3n) is 11.6. The van der Waals surface area contributed by atoms with Crippen molar-refractivity contribution in [2.75, 3.05) is 5.32 Å². The summed E-state index contributed by atoms with van der Waals surface area (Å²) in [6.07, 6.45) is 0. The van der Waals surface area contributed by atoms with E-state index in [9.17, 15) is 56.7 Å². The van der Waals surface area contributed by atoms with E-state index in [2.05, 4.69) is 10.3 Å². The second-order valence-corrected chi connectivity index (χ2v) is 19.6. The molecule has 0 bridgehead atoms. The van der Waals surface area contributed by atoms with Gasteiger partial charge < -0.3 is 27.0 Å². The van der Waals surface area contributed by atoms with Gasteiger partial charge in [0.15, 0.2) is 28.4 Å². The molecule has 0 aliphatic carbocycles. The number of benzene rings is 10. The standard InChI is InChI=1S/C45H26N2O17S4.4Na/c48-41-30-16-14-24-25-15-17-32-39(45(64-68(58,59)60)29-9-4-2-7-27(29)43(32)62-66(52,53)54)40(25)47-35-19-18-23(36(30)37(24)35)22-13-12-21(20-33(22)41)46-34-11-5-10-31-38(34)44(63-67(55,56)57)28-8-3-1-6-26(28)42(31)61-65(49,50)51;;;;/h1-20,46-47H,(H,49,50,51)(H,52,53,54)(H,55,56,57)(H,58,59,60);;;;/q;4*+1. The van der Waals surface area contributed by atoms with Gasteiger partial charge in [-0.05, 0) is 52.6 Å². The van der Waals surface area contributed by atoms with Crippen molar-refractivity contribution in [3.63, 3.8) is 0 Å². The molecule has 0 saturated carbocycles. The first-order chi connectivity index (χ1) is 32.1. The molecule has 11 rings (SSSR count). The first kappa shape index (κ1) is 56.1. The van der Waals surface area contributed by atoms with E-state index in [1.807, 2.05) is 0 Å². The molecule has 0 amide bonds. The summed E-state index contributed by atoms with van der Waals surface area (Å²) >= 11 is 0. The van der Waals surface area contributed by atoms with Crippen LogP contribution < -0.4 is 146 Å². The van der Waals surface area contributed by atoms with Crippen molar-refractivity contribution < 1.29 is 187 Å². The molecule has 0 unspecified atom stereocenters. The first-order valence-electron chi connectivity index (χ1n) is 19.6. The number of aromatic amines is 1. The molecule has 27 heteroatoms. The van der Waals surface area contributed by atoms with Gasteiger partial charge in [0.1, 0.15) is 0 Å². The quantitative estimate of drug-likeness (QED) is 0.0338. The third kappa shape index (κ3) is 10.0. The first-order valence-corrected chi connectivity index (χ1v) is 25.1. The van der Waals surface area contributed by atoms with Crippen LogP contribution in [0.4, 0.5) is 11.4 Å². The predicted octanol–water partition coefficient (Wildman–Crippen LogP) is -3.32. The summed E-state index contributed by atoms with van der Waals surface area (Å²) in [5.41, 5.74) is 0.680. The van der Waals surface area contributed by atoms with Gasteiger partial charge in [-0.3, -0.25) is 23.0 Å². The molecule has 342 valence electrons. The summed E-state index contributed by atoms with van der Waals surface area (Å²) in [6.45, 7) is 0. The number of pyridine rings is 1. The van der Waals surface area contributed by atoms with E-state index in [0.29, 0.717) is 48.9 Å². The molecule has 0 aliphatic heterocycles. The van der Waals surface area contributed by atoms with Crippen LogP contribution in [0.2, 0.25) is 0 Å². The molecule has 0 atom stereocenters. The average Bonchev–Trinajstić information content (AvgIpc) is 3.26. The summed E-state index contributed by atoms with van der Waals surface area (Å²) in [4.78, 5) is 17.9. The minimum atomic E-state index is -5.18. The monoisotopic (exact) mass is 1090 g/mol. The second kappa shape index (κ2) is 20.2. The number of anilines is 2. The van der Waals surface area contributed by atoms with Crippen molar-refractivity contribution in [2.45, 2.75) is 0 Å². The Morgan fingerprint density at radius 2 is 0.792 bits per heavy atom. The fourth-order valence-electron chi connectivity index (χ4n) is 9.28. The Kier molecular flexibility index (Phi) is 15.7. The zero-order chi connectivity index (χ0) is 47.8. The molecule has 10 aromatic carbocycles. The topological polar surface area (TPSA) is 299 Å². The van der Waals surface area contributed by atoms with E-state index >= 15 is 0 Å². The maximum absolute atomic E-state index is 14.6. The van der Waals surface area contributed by atoms with Gasteiger partial charge in [-0.25, -0.2) is 0 Å². The molecule has 0 fully saturated rings. The number of nitrogens with one attached hydrogen (secondary N) is 2. The SMILES string of the molecule is O=c1c2cc(Nc3cccc4c(OS(=O)(=O)O)c5ccccc5c(OS(=O)(=O)O)c34)ccc2c2ccc3[nH]c4c(ccc5c(OS(=O)(=O)O)c6ccccc6c(OS(=O)(=O)O)c54)c4ccc1c2c34.[Na+].[Na+].[Na+].[Na+]. The summed E-state index contributed by atoms with van der Waals surface area (Å²) in [6, 6.07) is 30.7. The number of hydrogen-bond acceptors (Lipinski definition) is 14. The maximum atomic E-state index is 14.6. The van der Waals surface area contributed by atoms with Crippen LogP contribution in [0.5, 0.6) is 23.0 Å². The molecule has 0 spiro atoms. The van der Waals surface area contributed by atoms with Crippen molar-refractivity contribution in [3.05, 3.63) is 132 Å². The number of hydrogen-bond donors (Lipinski definition) is 6. The molecule has 11 aromatic rings. The molecule has 6 N–H and O–H groups in total. The van der Waals surface area contributed by atoms with E-state index in [0.717, 1.165) is 0 Å². The largest absolute Gasteiger partial charge is 1.00 e. The number of H-pyrrole nitrogens is 1. The summed E-state index contributed by atoms with van der Waals surface area (Å²) in [5, 5.41) is 6.91. The van der Waals surface area contributed by atoms with Crippen LogP contribution in [0, 0.1) is 0 Å². The molecule has 0 saturated heterocycles. The number of aromatic nitrogens is 1.